The molecule has 1 aliphatic heterocycles. The molecule has 5 nitrogen and oxygen atoms in total. The normalized spacial score (nSPS) is 16.3. The Bertz CT molecular complexity index is 1180. The number of hydrogen-bond donors (Lipinski definition) is 2. The van der Waals surface area contributed by atoms with Gasteiger partial charge in [-0.05, 0) is 37.5 Å². The highest BCUT2D eigenvalue weighted by Gasteiger charge is 2.25. The van der Waals surface area contributed by atoms with Gasteiger partial charge in [0.2, 0.25) is 0 Å². The number of thiophene rings is 1. The van der Waals surface area contributed by atoms with Crippen LogP contribution in [0.1, 0.15) is 70.1 Å². The first-order valence-corrected chi connectivity index (χ1v) is 14.4. The molecule has 2 aliphatic rings. The zero-order valence-electron chi connectivity index (χ0n) is 21.2. The number of fused-ring (bicyclic) bond motifs is 1. The van der Waals surface area contributed by atoms with Crippen LogP contribution in [0.25, 0.3) is 27.0 Å². The molecule has 186 valence electrons. The van der Waals surface area contributed by atoms with Gasteiger partial charge in [0, 0.05) is 47.1 Å². The van der Waals surface area contributed by atoms with E-state index in [-0.39, 0.29) is 0 Å². The van der Waals surface area contributed by atoms with Crippen LogP contribution in [-0.2, 0) is 4.74 Å². The van der Waals surface area contributed by atoms with Gasteiger partial charge in [0.15, 0.2) is 0 Å². The fourth-order valence-corrected chi connectivity index (χ4v) is 6.89. The second-order valence-corrected chi connectivity index (χ2v) is 11.6. The number of anilines is 1. The summed E-state index contributed by atoms with van der Waals surface area (Å²) in [5.41, 5.74) is 6.03. The summed E-state index contributed by atoms with van der Waals surface area (Å²) in [6.07, 6.45) is 11.8. The molecule has 0 aromatic carbocycles. The molecule has 0 bridgehead atoms. The highest BCUT2D eigenvalue weighted by atomic mass is 32.2. The Balaban J connectivity index is 0.000000672. The van der Waals surface area contributed by atoms with Gasteiger partial charge < -0.3 is 15.5 Å². The van der Waals surface area contributed by atoms with Crippen molar-refractivity contribution in [2.24, 2.45) is 0 Å². The van der Waals surface area contributed by atoms with Crippen molar-refractivity contribution in [3.63, 3.8) is 0 Å². The summed E-state index contributed by atoms with van der Waals surface area (Å²) in [6.45, 7) is 7.88. The third-order valence-electron chi connectivity index (χ3n) is 6.64. The number of unbranched alkanes of at least 4 members (excludes halogenated alkanes) is 1. The van der Waals surface area contributed by atoms with Crippen LogP contribution in [0.2, 0.25) is 0 Å². The molecule has 3 aromatic rings. The van der Waals surface area contributed by atoms with Crippen molar-refractivity contribution in [3.8, 4) is 11.3 Å². The molecule has 0 spiro atoms. The summed E-state index contributed by atoms with van der Waals surface area (Å²) >= 11 is 3.73. The minimum atomic E-state index is 0.460. The maximum absolute atomic E-state index is 7.82. The van der Waals surface area contributed by atoms with Gasteiger partial charge in [-0.1, -0.05) is 45.3 Å². The average Bonchev–Trinajstić information content (AvgIpc) is 3.18. The highest BCUT2D eigenvalue weighted by Crippen LogP contribution is 2.49. The summed E-state index contributed by atoms with van der Waals surface area (Å²) < 4.78 is 6.63. The van der Waals surface area contributed by atoms with Gasteiger partial charge in [0.25, 0.3) is 0 Å². The lowest BCUT2D eigenvalue weighted by Gasteiger charge is -2.26. The Morgan fingerprint density at radius 2 is 2.03 bits per heavy atom. The molecule has 5 rings (SSSR count). The average molecular weight is 509 g/mol. The van der Waals surface area contributed by atoms with E-state index in [1.165, 1.54) is 48.1 Å². The lowest BCUT2D eigenvalue weighted by molar-refractivity contribution is 0.00830. The first-order chi connectivity index (χ1) is 17.1. The van der Waals surface area contributed by atoms with E-state index in [1.807, 2.05) is 38.0 Å². The lowest BCUT2D eigenvalue weighted by Crippen LogP contribution is -2.25. The van der Waals surface area contributed by atoms with Gasteiger partial charge in [0.05, 0.1) is 34.5 Å². The highest BCUT2D eigenvalue weighted by molar-refractivity contribution is 8.02. The minimum Gasteiger partial charge on any atom is -0.386 e. The number of allylic oxidation sites excluding steroid dienone is 2. The Morgan fingerprint density at radius 1 is 1.26 bits per heavy atom. The molecular weight excluding hydrogens is 472 g/mol. The number of thioether (sulfide) groups is 1. The zero-order chi connectivity index (χ0) is 24.8. The fourth-order valence-electron chi connectivity index (χ4n) is 3.92. The van der Waals surface area contributed by atoms with Crippen molar-refractivity contribution in [3.05, 3.63) is 41.7 Å². The largest absolute Gasteiger partial charge is 0.386 e. The van der Waals surface area contributed by atoms with Crippen molar-refractivity contribution in [2.75, 3.05) is 25.6 Å². The first-order valence-electron chi connectivity index (χ1n) is 12.7. The van der Waals surface area contributed by atoms with E-state index in [9.17, 15) is 0 Å². The number of ether oxygens (including phenoxy) is 1. The standard InChI is InChI=1S/C24H26N4OS2.C4H10/c1-3-14(10-25)20-9-18(19-8-7-15(11-27-19)16-12-29-13-16)21-22(26-2)24(31-23(21)28-20)30-17-5-4-6-17;1-3-4-2/h3,7-11,16-17,25-26H,4-6,12-13H2,1-2H3;3-4H2,1-2H3/b14-3+,25-10?;. The van der Waals surface area contributed by atoms with Crippen molar-refractivity contribution in [2.45, 2.75) is 68.3 Å². The van der Waals surface area contributed by atoms with Gasteiger partial charge in [-0.2, -0.15) is 0 Å². The molecule has 1 aliphatic carbocycles. The van der Waals surface area contributed by atoms with E-state index >= 15 is 0 Å². The van der Waals surface area contributed by atoms with E-state index in [0.29, 0.717) is 11.2 Å². The Labute approximate surface area is 217 Å². The van der Waals surface area contributed by atoms with E-state index in [1.54, 1.807) is 11.3 Å². The summed E-state index contributed by atoms with van der Waals surface area (Å²) in [6, 6.07) is 6.37. The van der Waals surface area contributed by atoms with Crippen LogP contribution >= 0.6 is 23.1 Å². The molecule has 35 heavy (non-hydrogen) atoms. The maximum atomic E-state index is 7.82. The van der Waals surface area contributed by atoms with Crippen molar-refractivity contribution in [1.82, 2.24) is 9.97 Å². The molecule has 1 saturated carbocycles. The van der Waals surface area contributed by atoms with Gasteiger partial charge in [-0.15, -0.1) is 23.1 Å². The predicted molar refractivity (Wildman–Crippen MR) is 152 cm³/mol. The number of pyridine rings is 2. The molecule has 0 unspecified atom stereocenters. The molecule has 2 N–H and O–H groups in total. The van der Waals surface area contributed by atoms with Crippen LogP contribution in [0.5, 0.6) is 0 Å². The van der Waals surface area contributed by atoms with Crippen molar-refractivity contribution in [1.29, 1.82) is 5.41 Å². The second-order valence-electron chi connectivity index (χ2n) is 9.02. The van der Waals surface area contributed by atoms with Crippen LogP contribution in [0.4, 0.5) is 5.69 Å². The van der Waals surface area contributed by atoms with Crippen LogP contribution in [-0.4, -0.2) is 41.7 Å². The lowest BCUT2D eigenvalue weighted by atomic mass is 9.98. The number of rotatable bonds is 8. The SMILES string of the molecule is C/C=C(\C=N)c1cc(-c2ccc(C3COC3)cn2)c2c(NC)c(SC3CCC3)sc2n1.CCCC. The van der Waals surface area contributed by atoms with Crippen LogP contribution in [0, 0.1) is 5.41 Å². The van der Waals surface area contributed by atoms with Crippen LogP contribution in [0.15, 0.2) is 34.7 Å². The molecule has 7 heteroatoms. The summed E-state index contributed by atoms with van der Waals surface area (Å²) in [5.74, 6) is 0.460. The topological polar surface area (TPSA) is 70.9 Å². The molecule has 1 saturated heterocycles. The summed E-state index contributed by atoms with van der Waals surface area (Å²) in [7, 11) is 1.99. The molecular formula is C28H36N4OS2. The first kappa shape index (κ1) is 25.9. The Morgan fingerprint density at radius 3 is 2.51 bits per heavy atom. The van der Waals surface area contributed by atoms with E-state index in [4.69, 9.17) is 20.1 Å². The van der Waals surface area contributed by atoms with Gasteiger partial charge in [-0.25, -0.2) is 4.98 Å². The molecule has 3 aromatic heterocycles. The number of hydrogen-bond acceptors (Lipinski definition) is 7. The van der Waals surface area contributed by atoms with E-state index in [2.05, 4.69) is 37.4 Å². The Hall–Kier alpha value is -2.22. The molecule has 2 fully saturated rings. The van der Waals surface area contributed by atoms with Crippen LogP contribution < -0.4 is 5.32 Å². The third-order valence-corrected chi connectivity index (χ3v) is 9.28. The fraction of sp³-hybridized carbons (Fsp3) is 0.464. The summed E-state index contributed by atoms with van der Waals surface area (Å²) in [4.78, 5) is 10.8. The summed E-state index contributed by atoms with van der Waals surface area (Å²) in [5, 5.41) is 13.1. The van der Waals surface area contributed by atoms with E-state index < -0.39 is 0 Å². The predicted octanol–water partition coefficient (Wildman–Crippen LogP) is 8.02. The minimum absolute atomic E-state index is 0.460. The molecule has 4 heterocycles. The van der Waals surface area contributed by atoms with Gasteiger partial charge in [-0.3, -0.25) is 4.98 Å². The molecule has 0 radical (unpaired) electrons. The van der Waals surface area contributed by atoms with Crippen LogP contribution in [0.3, 0.4) is 0 Å². The van der Waals surface area contributed by atoms with Gasteiger partial charge in [0.1, 0.15) is 4.83 Å². The van der Waals surface area contributed by atoms with Crippen molar-refractivity contribution < 1.29 is 4.74 Å². The van der Waals surface area contributed by atoms with Gasteiger partial charge >= 0.3 is 0 Å². The Kier molecular flexibility index (Phi) is 8.98. The maximum Gasteiger partial charge on any atom is 0.127 e. The third kappa shape index (κ3) is 5.63. The monoisotopic (exact) mass is 508 g/mol. The van der Waals surface area contributed by atoms with Crippen molar-refractivity contribution >= 4 is 50.8 Å². The number of aromatic nitrogens is 2. The molecule has 0 atom stereocenters. The smallest absolute Gasteiger partial charge is 0.127 e. The second kappa shape index (κ2) is 12.2. The number of nitrogens with zero attached hydrogens (tertiary/aromatic N) is 2. The quantitative estimate of drug-likeness (QED) is 0.301. The molecule has 0 amide bonds. The number of nitrogens with one attached hydrogen (secondary N) is 2. The van der Waals surface area contributed by atoms with E-state index in [0.717, 1.165) is 51.6 Å². The zero-order valence-corrected chi connectivity index (χ0v) is 22.8.